The minimum absolute atomic E-state index is 0.173. The summed E-state index contributed by atoms with van der Waals surface area (Å²) in [5.74, 6) is -0.492. The molecular formula is C24H23FN4O2. The first-order valence-corrected chi connectivity index (χ1v) is 10.1. The molecule has 4 aromatic rings. The largest absolute Gasteiger partial charge is 0.350 e. The Balaban J connectivity index is 1.55. The number of carbonyl (C=O) groups excluding carboxylic acids is 1. The molecule has 0 fully saturated rings. The molecule has 0 atom stereocenters. The molecule has 2 aromatic carbocycles. The molecule has 0 aliphatic rings. The van der Waals surface area contributed by atoms with Crippen molar-refractivity contribution in [3.8, 4) is 0 Å². The third kappa shape index (κ3) is 4.26. The van der Waals surface area contributed by atoms with Crippen LogP contribution in [0.5, 0.6) is 0 Å². The fraction of sp³-hybridized carbons (Fsp3) is 0.208. The number of halogens is 1. The van der Waals surface area contributed by atoms with Gasteiger partial charge in [0, 0.05) is 24.8 Å². The second kappa shape index (κ2) is 8.55. The van der Waals surface area contributed by atoms with E-state index in [9.17, 15) is 14.0 Å². The number of imidazole rings is 1. The minimum atomic E-state index is -0.320. The highest BCUT2D eigenvalue weighted by Crippen LogP contribution is 2.13. The lowest BCUT2D eigenvalue weighted by Gasteiger charge is -2.09. The smallest absolute Gasteiger partial charge is 0.330 e. The Kier molecular flexibility index (Phi) is 5.66. The first kappa shape index (κ1) is 20.5. The predicted molar refractivity (Wildman–Crippen MR) is 118 cm³/mol. The molecule has 0 spiro atoms. The van der Waals surface area contributed by atoms with Gasteiger partial charge in [0.25, 0.3) is 5.91 Å². The molecule has 0 saturated carbocycles. The molecule has 6 nitrogen and oxygen atoms in total. The molecule has 1 amide bonds. The minimum Gasteiger partial charge on any atom is -0.350 e. The summed E-state index contributed by atoms with van der Waals surface area (Å²) in [5.41, 5.74) is 4.46. The van der Waals surface area contributed by atoms with Gasteiger partial charge in [0.05, 0.1) is 12.1 Å². The van der Waals surface area contributed by atoms with Crippen LogP contribution in [-0.2, 0) is 13.1 Å². The molecule has 0 aliphatic carbocycles. The average molecular weight is 418 g/mol. The van der Waals surface area contributed by atoms with Crippen molar-refractivity contribution in [2.45, 2.75) is 26.9 Å². The number of rotatable bonds is 6. The Morgan fingerprint density at radius 1 is 1.06 bits per heavy atom. The zero-order valence-electron chi connectivity index (χ0n) is 17.4. The first-order chi connectivity index (χ1) is 14.9. The van der Waals surface area contributed by atoms with Crippen LogP contribution < -0.4 is 11.0 Å². The van der Waals surface area contributed by atoms with Crippen LogP contribution in [0.25, 0.3) is 11.2 Å². The summed E-state index contributed by atoms with van der Waals surface area (Å²) < 4.78 is 16.4. The van der Waals surface area contributed by atoms with Crippen molar-refractivity contribution in [3.63, 3.8) is 0 Å². The summed E-state index contributed by atoms with van der Waals surface area (Å²) >= 11 is 0. The van der Waals surface area contributed by atoms with Gasteiger partial charge < -0.3 is 5.32 Å². The van der Waals surface area contributed by atoms with Gasteiger partial charge in [-0.15, -0.1) is 0 Å². The number of hydrogen-bond donors (Lipinski definition) is 1. The highest BCUT2D eigenvalue weighted by atomic mass is 19.1. The molecule has 158 valence electrons. The number of benzene rings is 2. The number of nitrogens with one attached hydrogen (secondary N) is 1. The SMILES string of the molecule is Cc1ccc(C(=O)NCCn2c(=O)n(Cc3ccc(F)cc3)c3cccnc32)c(C)c1. The lowest BCUT2D eigenvalue weighted by Crippen LogP contribution is -2.32. The van der Waals surface area contributed by atoms with Gasteiger partial charge in [-0.1, -0.05) is 29.8 Å². The lowest BCUT2D eigenvalue weighted by molar-refractivity contribution is 0.0951. The van der Waals surface area contributed by atoms with Crippen LogP contribution in [0.3, 0.4) is 0 Å². The van der Waals surface area contributed by atoms with Crippen LogP contribution in [0.1, 0.15) is 27.0 Å². The summed E-state index contributed by atoms with van der Waals surface area (Å²) in [7, 11) is 0. The Labute approximate surface area is 179 Å². The Hall–Kier alpha value is -3.74. The zero-order chi connectivity index (χ0) is 22.0. The number of nitrogens with zero attached hydrogens (tertiary/aromatic N) is 3. The van der Waals surface area contributed by atoms with Crippen LogP contribution in [0.4, 0.5) is 4.39 Å². The summed E-state index contributed by atoms with van der Waals surface area (Å²) in [4.78, 5) is 30.0. The quantitative estimate of drug-likeness (QED) is 0.522. The summed E-state index contributed by atoms with van der Waals surface area (Å²) in [6.45, 7) is 4.77. The molecule has 2 heterocycles. The summed E-state index contributed by atoms with van der Waals surface area (Å²) in [6, 6.07) is 15.3. The lowest BCUT2D eigenvalue weighted by atomic mass is 10.1. The molecule has 0 radical (unpaired) electrons. The molecule has 2 aromatic heterocycles. The number of fused-ring (bicyclic) bond motifs is 1. The van der Waals surface area contributed by atoms with Crippen LogP contribution in [0.15, 0.2) is 65.6 Å². The maximum atomic E-state index is 13.2. The summed E-state index contributed by atoms with van der Waals surface area (Å²) in [5, 5.41) is 2.89. The van der Waals surface area contributed by atoms with Gasteiger partial charge >= 0.3 is 5.69 Å². The van der Waals surface area contributed by atoms with Gasteiger partial charge in [0.2, 0.25) is 0 Å². The first-order valence-electron chi connectivity index (χ1n) is 10.1. The van der Waals surface area contributed by atoms with E-state index >= 15 is 0 Å². The molecule has 4 rings (SSSR count). The van der Waals surface area contributed by atoms with E-state index in [2.05, 4.69) is 10.3 Å². The standard InChI is InChI=1S/C24H23FN4O2/c1-16-5-10-20(17(2)14-16)23(30)27-12-13-28-22-21(4-3-11-26-22)29(24(28)31)15-18-6-8-19(25)9-7-18/h3-11,14H,12-13,15H2,1-2H3,(H,27,30). The Morgan fingerprint density at radius 3 is 2.58 bits per heavy atom. The molecule has 0 unspecified atom stereocenters. The molecule has 1 N–H and O–H groups in total. The molecule has 31 heavy (non-hydrogen) atoms. The molecule has 7 heteroatoms. The van der Waals surface area contributed by atoms with E-state index < -0.39 is 0 Å². The molecule has 0 bridgehead atoms. The van der Waals surface area contributed by atoms with Crippen molar-refractivity contribution >= 4 is 17.1 Å². The van der Waals surface area contributed by atoms with Gasteiger partial charge in [0.1, 0.15) is 5.82 Å². The van der Waals surface area contributed by atoms with Crippen LogP contribution >= 0.6 is 0 Å². The van der Waals surface area contributed by atoms with Gasteiger partial charge in [-0.2, -0.15) is 0 Å². The second-order valence-corrected chi connectivity index (χ2v) is 7.57. The third-order valence-corrected chi connectivity index (χ3v) is 5.28. The van der Waals surface area contributed by atoms with Gasteiger partial charge in [-0.3, -0.25) is 13.9 Å². The van der Waals surface area contributed by atoms with Gasteiger partial charge in [-0.25, -0.2) is 14.2 Å². The predicted octanol–water partition coefficient (Wildman–Crippen LogP) is 3.43. The normalized spacial score (nSPS) is 11.1. The highest BCUT2D eigenvalue weighted by Gasteiger charge is 2.15. The van der Waals surface area contributed by atoms with E-state index in [1.165, 1.54) is 12.1 Å². The van der Waals surface area contributed by atoms with E-state index in [0.717, 1.165) is 16.7 Å². The maximum Gasteiger partial charge on any atom is 0.330 e. The molecular weight excluding hydrogens is 395 g/mol. The monoisotopic (exact) mass is 418 g/mol. The number of carbonyl (C=O) groups is 1. The van der Waals surface area contributed by atoms with Crippen molar-refractivity contribution in [2.24, 2.45) is 0 Å². The van der Waals surface area contributed by atoms with Gasteiger partial charge in [0.15, 0.2) is 5.65 Å². The highest BCUT2D eigenvalue weighted by molar-refractivity contribution is 5.95. The maximum absolute atomic E-state index is 13.2. The Bertz CT molecular complexity index is 1310. The van der Waals surface area contributed by atoms with Crippen LogP contribution in [-0.4, -0.2) is 26.6 Å². The van der Waals surface area contributed by atoms with Crippen molar-refractivity contribution in [3.05, 3.63) is 99.3 Å². The zero-order valence-corrected chi connectivity index (χ0v) is 17.4. The third-order valence-electron chi connectivity index (χ3n) is 5.28. The second-order valence-electron chi connectivity index (χ2n) is 7.57. The van der Waals surface area contributed by atoms with E-state index in [-0.39, 0.29) is 24.0 Å². The average Bonchev–Trinajstić information content (AvgIpc) is 3.01. The van der Waals surface area contributed by atoms with Crippen LogP contribution in [0, 0.1) is 19.7 Å². The molecule has 0 saturated heterocycles. The van der Waals surface area contributed by atoms with E-state index in [1.807, 2.05) is 38.1 Å². The van der Waals surface area contributed by atoms with E-state index in [0.29, 0.717) is 29.8 Å². The molecule has 0 aliphatic heterocycles. The topological polar surface area (TPSA) is 68.9 Å². The van der Waals surface area contributed by atoms with Crippen molar-refractivity contribution in [1.82, 2.24) is 19.4 Å². The fourth-order valence-electron chi connectivity index (χ4n) is 3.72. The van der Waals surface area contributed by atoms with Crippen LogP contribution in [0.2, 0.25) is 0 Å². The number of pyridine rings is 1. The number of aryl methyl sites for hydroxylation is 2. The van der Waals surface area contributed by atoms with E-state index in [1.54, 1.807) is 33.5 Å². The number of hydrogen-bond acceptors (Lipinski definition) is 3. The van der Waals surface area contributed by atoms with Crippen molar-refractivity contribution < 1.29 is 9.18 Å². The van der Waals surface area contributed by atoms with Gasteiger partial charge in [-0.05, 0) is 55.3 Å². The summed E-state index contributed by atoms with van der Waals surface area (Å²) in [6.07, 6.45) is 1.63. The van der Waals surface area contributed by atoms with Crippen molar-refractivity contribution in [2.75, 3.05) is 6.54 Å². The number of amides is 1. The fourth-order valence-corrected chi connectivity index (χ4v) is 3.72. The van der Waals surface area contributed by atoms with E-state index in [4.69, 9.17) is 0 Å². The number of aromatic nitrogens is 3. The van der Waals surface area contributed by atoms with Crippen molar-refractivity contribution in [1.29, 1.82) is 0 Å². The Morgan fingerprint density at radius 2 is 1.84 bits per heavy atom.